The molecule has 0 unspecified atom stereocenters. The van der Waals surface area contributed by atoms with Crippen molar-refractivity contribution in [2.75, 3.05) is 0 Å². The number of hydrogen-bond acceptors (Lipinski definition) is 5. The first-order valence-electron chi connectivity index (χ1n) is 17.9. The standard InChI is InChI=1S/C40H57NO5/c1-24(2)12-11-15-28(36(45)41-40(20-21-40)27-13-9-8-10-14-27)34-30-22-32(44)35-37(5)18-17-31(43)25(3)29(37)16-19-38(35,6)39(30,7)23-33(34)46-26(4)42/h8-10,12-14,25,29-33,35,43-44H,11,15-23H2,1-7H3,(H,41,45)/b34-28-/t25-,29-,30-,31+,32+,33-,35-,37-,38-,39-/m0/s1. The zero-order valence-corrected chi connectivity index (χ0v) is 29.2. The molecule has 5 saturated carbocycles. The van der Waals surface area contributed by atoms with E-state index in [2.05, 4.69) is 65.1 Å². The summed E-state index contributed by atoms with van der Waals surface area (Å²) in [6, 6.07) is 10.2. The lowest BCUT2D eigenvalue weighted by atomic mass is 9.36. The summed E-state index contributed by atoms with van der Waals surface area (Å²) in [5, 5.41) is 26.6. The Morgan fingerprint density at radius 1 is 0.957 bits per heavy atom. The van der Waals surface area contributed by atoms with E-state index in [1.807, 2.05) is 18.2 Å². The molecule has 252 valence electrons. The number of nitrogens with one attached hydrogen (secondary N) is 1. The molecule has 6 heteroatoms. The normalized spacial score (nSPS) is 41.7. The van der Waals surface area contributed by atoms with Crippen molar-refractivity contribution in [3.8, 4) is 0 Å². The van der Waals surface area contributed by atoms with E-state index in [1.54, 1.807) is 0 Å². The van der Waals surface area contributed by atoms with Gasteiger partial charge in [-0.2, -0.15) is 0 Å². The molecule has 3 N–H and O–H groups in total. The maximum absolute atomic E-state index is 14.6. The second kappa shape index (κ2) is 11.9. The van der Waals surface area contributed by atoms with Crippen LogP contribution in [0.15, 0.2) is 53.1 Å². The second-order valence-corrected chi connectivity index (χ2v) is 16.7. The van der Waals surface area contributed by atoms with Gasteiger partial charge >= 0.3 is 5.97 Å². The maximum Gasteiger partial charge on any atom is 0.303 e. The average molecular weight is 632 g/mol. The number of carbonyl (C=O) groups is 2. The molecule has 5 fully saturated rings. The third-order valence-corrected chi connectivity index (χ3v) is 14.0. The fourth-order valence-corrected chi connectivity index (χ4v) is 11.5. The molecule has 0 spiro atoms. The molecular formula is C40H57NO5. The highest BCUT2D eigenvalue weighted by molar-refractivity contribution is 5.95. The van der Waals surface area contributed by atoms with Crippen LogP contribution >= 0.6 is 0 Å². The molecule has 0 bridgehead atoms. The Morgan fingerprint density at radius 3 is 2.28 bits per heavy atom. The first-order chi connectivity index (χ1) is 21.7. The Kier molecular flexibility index (Phi) is 8.66. The molecule has 1 aromatic rings. The topological polar surface area (TPSA) is 95.9 Å². The first-order valence-corrected chi connectivity index (χ1v) is 17.9. The van der Waals surface area contributed by atoms with Gasteiger partial charge in [0.25, 0.3) is 0 Å². The van der Waals surface area contributed by atoms with E-state index in [1.165, 1.54) is 12.5 Å². The highest BCUT2D eigenvalue weighted by Crippen LogP contribution is 2.74. The van der Waals surface area contributed by atoms with Gasteiger partial charge in [0.2, 0.25) is 5.91 Å². The summed E-state index contributed by atoms with van der Waals surface area (Å²) in [6.45, 7) is 15.0. The van der Waals surface area contributed by atoms with E-state index in [9.17, 15) is 19.8 Å². The molecule has 0 aliphatic heterocycles. The first kappa shape index (κ1) is 33.5. The summed E-state index contributed by atoms with van der Waals surface area (Å²) in [5.74, 6) is 0.181. The molecule has 5 aliphatic rings. The van der Waals surface area contributed by atoms with Crippen molar-refractivity contribution in [2.45, 2.75) is 137 Å². The summed E-state index contributed by atoms with van der Waals surface area (Å²) in [6.07, 6.45) is 8.84. The summed E-state index contributed by atoms with van der Waals surface area (Å²) >= 11 is 0. The van der Waals surface area contributed by atoms with E-state index in [-0.39, 0.29) is 57.5 Å². The molecule has 6 nitrogen and oxygen atoms in total. The van der Waals surface area contributed by atoms with Crippen molar-refractivity contribution < 1.29 is 24.5 Å². The van der Waals surface area contributed by atoms with Crippen molar-refractivity contribution in [3.63, 3.8) is 0 Å². The molecule has 1 aromatic carbocycles. The molecule has 6 rings (SSSR count). The van der Waals surface area contributed by atoms with Gasteiger partial charge in [-0.05, 0) is 129 Å². The second-order valence-electron chi connectivity index (χ2n) is 16.7. The maximum atomic E-state index is 14.6. The largest absolute Gasteiger partial charge is 0.458 e. The molecular weight excluding hydrogens is 574 g/mol. The summed E-state index contributed by atoms with van der Waals surface area (Å²) < 4.78 is 6.19. The lowest BCUT2D eigenvalue weighted by Gasteiger charge is -2.69. The lowest BCUT2D eigenvalue weighted by molar-refractivity contribution is -0.234. The number of ether oxygens (including phenoxy) is 1. The minimum atomic E-state index is -0.536. The highest BCUT2D eigenvalue weighted by Gasteiger charge is 2.71. The van der Waals surface area contributed by atoms with Crippen LogP contribution in [-0.4, -0.2) is 40.4 Å². The van der Waals surface area contributed by atoms with Gasteiger partial charge in [-0.15, -0.1) is 0 Å². The number of aliphatic hydroxyl groups excluding tert-OH is 2. The van der Waals surface area contributed by atoms with Gasteiger partial charge < -0.3 is 20.3 Å². The number of fused-ring (bicyclic) bond motifs is 5. The van der Waals surface area contributed by atoms with Crippen molar-refractivity contribution in [1.82, 2.24) is 5.32 Å². The lowest BCUT2D eigenvalue weighted by Crippen LogP contribution is -2.65. The SMILES string of the molecule is CC(=O)O[C@H]1C[C@@]2(C)[C@@H](C[C@@H](O)[C@H]3[C@@]4(C)CC[C@@H](O)[C@@H](C)[C@@H]4CC[C@@]32C)/C1=C(\CCC=C(C)C)C(=O)NC1(c2ccccc2)CC1. The number of benzene rings is 1. The average Bonchev–Trinajstić information content (AvgIpc) is 3.71. The zero-order chi connectivity index (χ0) is 33.2. The van der Waals surface area contributed by atoms with Gasteiger partial charge in [0.15, 0.2) is 0 Å². The Balaban J connectivity index is 1.44. The Hall–Kier alpha value is -2.44. The van der Waals surface area contributed by atoms with Gasteiger partial charge in [-0.25, -0.2) is 0 Å². The van der Waals surface area contributed by atoms with Crippen LogP contribution in [0.5, 0.6) is 0 Å². The van der Waals surface area contributed by atoms with E-state index < -0.39 is 12.2 Å². The number of esters is 1. The van der Waals surface area contributed by atoms with Crippen LogP contribution in [-0.2, 0) is 19.9 Å². The molecule has 0 heterocycles. The predicted octanol–water partition coefficient (Wildman–Crippen LogP) is 7.39. The van der Waals surface area contributed by atoms with Gasteiger partial charge in [0.1, 0.15) is 6.10 Å². The van der Waals surface area contributed by atoms with Crippen LogP contribution in [0.1, 0.15) is 118 Å². The molecule has 5 aliphatic carbocycles. The van der Waals surface area contributed by atoms with Crippen molar-refractivity contribution >= 4 is 11.9 Å². The number of carbonyl (C=O) groups excluding carboxylic acids is 2. The third kappa shape index (κ3) is 5.30. The highest BCUT2D eigenvalue weighted by atomic mass is 16.5. The molecule has 0 saturated heterocycles. The van der Waals surface area contributed by atoms with Crippen molar-refractivity contribution in [1.29, 1.82) is 0 Å². The third-order valence-electron chi connectivity index (χ3n) is 14.0. The summed E-state index contributed by atoms with van der Waals surface area (Å²) in [7, 11) is 0. The molecule has 10 atom stereocenters. The van der Waals surface area contributed by atoms with Gasteiger partial charge in [0, 0.05) is 12.5 Å². The van der Waals surface area contributed by atoms with Crippen LogP contribution in [0.4, 0.5) is 0 Å². The fourth-order valence-electron chi connectivity index (χ4n) is 11.5. The fraction of sp³-hybridized carbons (Fsp3) is 0.700. The van der Waals surface area contributed by atoms with Crippen LogP contribution in [0.25, 0.3) is 0 Å². The predicted molar refractivity (Wildman–Crippen MR) is 180 cm³/mol. The zero-order valence-electron chi connectivity index (χ0n) is 29.2. The summed E-state index contributed by atoms with van der Waals surface area (Å²) in [4.78, 5) is 27.3. The number of hydrogen-bond donors (Lipinski definition) is 3. The van der Waals surface area contributed by atoms with Crippen LogP contribution < -0.4 is 5.32 Å². The Morgan fingerprint density at radius 2 is 1.65 bits per heavy atom. The van der Waals surface area contributed by atoms with Gasteiger partial charge in [-0.1, -0.05) is 69.7 Å². The van der Waals surface area contributed by atoms with E-state index in [0.29, 0.717) is 25.2 Å². The van der Waals surface area contributed by atoms with E-state index in [4.69, 9.17) is 4.74 Å². The minimum absolute atomic E-state index is 0.0626. The van der Waals surface area contributed by atoms with Gasteiger partial charge in [-0.3, -0.25) is 9.59 Å². The quantitative estimate of drug-likeness (QED) is 0.166. The minimum Gasteiger partial charge on any atom is -0.458 e. The molecule has 1 amide bonds. The van der Waals surface area contributed by atoms with Crippen molar-refractivity contribution in [2.24, 2.45) is 39.9 Å². The van der Waals surface area contributed by atoms with Crippen LogP contribution in [0.2, 0.25) is 0 Å². The van der Waals surface area contributed by atoms with Crippen molar-refractivity contribution in [3.05, 3.63) is 58.7 Å². The molecule has 0 aromatic heterocycles. The smallest absolute Gasteiger partial charge is 0.303 e. The van der Waals surface area contributed by atoms with Crippen LogP contribution in [0, 0.1) is 39.9 Å². The number of rotatable bonds is 7. The Labute approximate surface area is 276 Å². The van der Waals surface area contributed by atoms with E-state index in [0.717, 1.165) is 61.7 Å². The monoisotopic (exact) mass is 631 g/mol. The summed E-state index contributed by atoms with van der Waals surface area (Å²) in [5.41, 5.74) is 3.09. The van der Waals surface area contributed by atoms with Crippen LogP contribution in [0.3, 0.4) is 0 Å². The van der Waals surface area contributed by atoms with E-state index >= 15 is 0 Å². The number of amides is 1. The molecule has 0 radical (unpaired) electrons. The Bertz CT molecular complexity index is 1410. The van der Waals surface area contributed by atoms with Gasteiger partial charge in [0.05, 0.1) is 17.7 Å². The number of aliphatic hydroxyl groups is 2. The number of allylic oxidation sites excluding steroid dienone is 2. The molecule has 46 heavy (non-hydrogen) atoms.